The number of methoxy groups -OCH3 is 1. The number of amides is 3. The number of hydrogen-bond acceptors (Lipinski definition) is 7. The minimum Gasteiger partial charge on any atom is -0.467 e. The lowest BCUT2D eigenvalue weighted by Crippen LogP contribution is -2.51. The summed E-state index contributed by atoms with van der Waals surface area (Å²) in [4.78, 5) is 53.6. The third-order valence-electron chi connectivity index (χ3n) is 6.73. The molecule has 38 heavy (non-hydrogen) atoms. The van der Waals surface area contributed by atoms with E-state index in [2.05, 4.69) is 5.32 Å². The van der Waals surface area contributed by atoms with Crippen LogP contribution < -0.4 is 10.1 Å². The molecule has 10 heteroatoms. The van der Waals surface area contributed by atoms with Gasteiger partial charge in [-0.25, -0.2) is 14.4 Å². The van der Waals surface area contributed by atoms with E-state index >= 15 is 0 Å². The summed E-state index contributed by atoms with van der Waals surface area (Å²) < 4.78 is 15.7. The predicted molar refractivity (Wildman–Crippen MR) is 137 cm³/mol. The average molecular weight is 524 g/mol. The zero-order chi connectivity index (χ0) is 26.9. The number of hydrogen-bond donors (Lipinski definition) is 1. The Bertz CT molecular complexity index is 1120. The van der Waals surface area contributed by atoms with Crippen LogP contribution in [0.25, 0.3) is 0 Å². The Kier molecular flexibility index (Phi) is 9.18. The topological polar surface area (TPSA) is 114 Å². The Labute approximate surface area is 221 Å². The van der Waals surface area contributed by atoms with Crippen molar-refractivity contribution in [2.45, 2.75) is 50.8 Å². The van der Waals surface area contributed by atoms with E-state index in [1.165, 1.54) is 12.0 Å². The number of benzene rings is 2. The lowest BCUT2D eigenvalue weighted by Gasteiger charge is -2.25. The van der Waals surface area contributed by atoms with Crippen LogP contribution in [0.15, 0.2) is 54.6 Å². The Morgan fingerprint density at radius 2 is 1.61 bits per heavy atom. The van der Waals surface area contributed by atoms with Crippen molar-refractivity contribution in [1.82, 2.24) is 15.1 Å². The maximum atomic E-state index is 13.1. The molecule has 2 aromatic rings. The molecular weight excluding hydrogens is 490 g/mol. The fourth-order valence-corrected chi connectivity index (χ4v) is 4.66. The smallest absolute Gasteiger partial charge is 0.415 e. The molecule has 0 aliphatic carbocycles. The molecule has 0 radical (unpaired) electrons. The summed E-state index contributed by atoms with van der Waals surface area (Å²) >= 11 is 0. The predicted octanol–water partition coefficient (Wildman–Crippen LogP) is 3.28. The molecule has 3 amide bonds. The molecule has 2 saturated heterocycles. The van der Waals surface area contributed by atoms with Crippen LogP contribution in [0.2, 0.25) is 0 Å². The van der Waals surface area contributed by atoms with Gasteiger partial charge in [-0.15, -0.1) is 0 Å². The van der Waals surface area contributed by atoms with E-state index in [4.69, 9.17) is 14.2 Å². The van der Waals surface area contributed by atoms with Crippen molar-refractivity contribution >= 4 is 24.1 Å². The standard InChI is InChI=1S/C28H33N3O7/c1-36-26(33)23(18-20-11-13-22(14-12-20)38-27(34)30-15-5-6-16-30)29-25(32)24-10-7-17-31(24)28(35)37-19-21-8-3-2-4-9-21/h2-4,8-9,11-14,23-24H,5-7,10,15-19H2,1H3,(H,29,32)/t23?,24-/m0/s1. The van der Waals surface area contributed by atoms with Crippen LogP contribution in [0, 0.1) is 0 Å². The second kappa shape index (κ2) is 12.9. The molecular formula is C28H33N3O7. The zero-order valence-electron chi connectivity index (χ0n) is 21.5. The number of carbonyl (C=O) groups is 4. The first kappa shape index (κ1) is 27.0. The maximum absolute atomic E-state index is 13.1. The molecule has 4 rings (SSSR count). The van der Waals surface area contributed by atoms with Crippen molar-refractivity contribution < 1.29 is 33.4 Å². The minimum atomic E-state index is -0.951. The summed E-state index contributed by atoms with van der Waals surface area (Å²) in [6.07, 6.45) is 2.29. The molecule has 0 bridgehead atoms. The maximum Gasteiger partial charge on any atom is 0.415 e. The highest BCUT2D eigenvalue weighted by Crippen LogP contribution is 2.21. The van der Waals surface area contributed by atoms with Crippen LogP contribution in [0.1, 0.15) is 36.8 Å². The molecule has 0 saturated carbocycles. The molecule has 2 aliphatic rings. The van der Waals surface area contributed by atoms with Gasteiger partial charge >= 0.3 is 18.2 Å². The highest BCUT2D eigenvalue weighted by Gasteiger charge is 2.37. The van der Waals surface area contributed by atoms with Gasteiger partial charge in [0.25, 0.3) is 0 Å². The number of esters is 1. The van der Waals surface area contributed by atoms with Gasteiger partial charge in [-0.05, 0) is 48.9 Å². The number of rotatable bonds is 8. The van der Waals surface area contributed by atoms with Crippen molar-refractivity contribution in [2.24, 2.45) is 0 Å². The van der Waals surface area contributed by atoms with E-state index in [1.807, 2.05) is 30.3 Å². The van der Waals surface area contributed by atoms with Crippen molar-refractivity contribution in [3.05, 3.63) is 65.7 Å². The van der Waals surface area contributed by atoms with Crippen molar-refractivity contribution in [3.63, 3.8) is 0 Å². The monoisotopic (exact) mass is 523 g/mol. The molecule has 2 aliphatic heterocycles. The van der Waals surface area contributed by atoms with E-state index in [9.17, 15) is 19.2 Å². The van der Waals surface area contributed by atoms with Gasteiger partial charge in [0.1, 0.15) is 24.4 Å². The summed E-state index contributed by atoms with van der Waals surface area (Å²) in [5.41, 5.74) is 1.59. The van der Waals surface area contributed by atoms with Crippen LogP contribution in [0.4, 0.5) is 9.59 Å². The molecule has 202 valence electrons. The second-order valence-corrected chi connectivity index (χ2v) is 9.39. The van der Waals surface area contributed by atoms with Gasteiger partial charge in [-0.2, -0.15) is 0 Å². The number of carbonyl (C=O) groups excluding carboxylic acids is 4. The van der Waals surface area contributed by atoms with Crippen LogP contribution in [0.3, 0.4) is 0 Å². The molecule has 2 fully saturated rings. The first-order valence-electron chi connectivity index (χ1n) is 12.9. The Balaban J connectivity index is 1.33. The summed E-state index contributed by atoms with van der Waals surface area (Å²) in [7, 11) is 1.26. The molecule has 2 atom stereocenters. The number of nitrogens with zero attached hydrogens (tertiary/aromatic N) is 2. The largest absolute Gasteiger partial charge is 0.467 e. The van der Waals surface area contributed by atoms with Crippen LogP contribution in [-0.2, 0) is 32.1 Å². The van der Waals surface area contributed by atoms with Crippen LogP contribution >= 0.6 is 0 Å². The molecule has 10 nitrogen and oxygen atoms in total. The Morgan fingerprint density at radius 1 is 0.895 bits per heavy atom. The van der Waals surface area contributed by atoms with E-state index < -0.39 is 30.1 Å². The number of likely N-dealkylation sites (tertiary alicyclic amines) is 2. The Morgan fingerprint density at radius 3 is 2.29 bits per heavy atom. The van der Waals surface area contributed by atoms with Crippen molar-refractivity contribution in [2.75, 3.05) is 26.7 Å². The fraction of sp³-hybridized carbons (Fsp3) is 0.429. The third-order valence-corrected chi connectivity index (χ3v) is 6.73. The Hall–Kier alpha value is -4.08. The molecule has 1 unspecified atom stereocenters. The van der Waals surface area contributed by atoms with Crippen LogP contribution in [-0.4, -0.2) is 72.7 Å². The highest BCUT2D eigenvalue weighted by molar-refractivity contribution is 5.90. The average Bonchev–Trinajstić information content (AvgIpc) is 3.65. The molecule has 1 N–H and O–H groups in total. The summed E-state index contributed by atoms with van der Waals surface area (Å²) in [6, 6.07) is 14.4. The summed E-state index contributed by atoms with van der Waals surface area (Å²) in [5.74, 6) is -0.635. The molecule has 0 aromatic heterocycles. The van der Waals surface area contributed by atoms with E-state index in [0.717, 1.165) is 24.0 Å². The first-order valence-corrected chi connectivity index (χ1v) is 12.9. The molecule has 2 aromatic carbocycles. The highest BCUT2D eigenvalue weighted by atomic mass is 16.6. The SMILES string of the molecule is COC(=O)C(Cc1ccc(OC(=O)N2CCCC2)cc1)NC(=O)[C@@H]1CCCN1C(=O)OCc1ccccc1. The zero-order valence-corrected chi connectivity index (χ0v) is 21.5. The van der Waals surface area contributed by atoms with Gasteiger partial charge in [-0.1, -0.05) is 42.5 Å². The van der Waals surface area contributed by atoms with E-state index in [-0.39, 0.29) is 19.1 Å². The van der Waals surface area contributed by atoms with Crippen LogP contribution in [0.5, 0.6) is 5.75 Å². The minimum absolute atomic E-state index is 0.110. The van der Waals surface area contributed by atoms with Gasteiger partial charge in [0.15, 0.2) is 0 Å². The number of nitrogens with one attached hydrogen (secondary N) is 1. The quantitative estimate of drug-likeness (QED) is 0.528. The van der Waals surface area contributed by atoms with E-state index in [0.29, 0.717) is 38.2 Å². The lowest BCUT2D eigenvalue weighted by atomic mass is 10.0. The van der Waals surface area contributed by atoms with Gasteiger partial charge in [0.2, 0.25) is 5.91 Å². The lowest BCUT2D eigenvalue weighted by molar-refractivity contribution is -0.145. The van der Waals surface area contributed by atoms with Gasteiger partial charge in [0, 0.05) is 26.1 Å². The number of ether oxygens (including phenoxy) is 3. The second-order valence-electron chi connectivity index (χ2n) is 9.39. The van der Waals surface area contributed by atoms with Gasteiger partial charge in [0.05, 0.1) is 7.11 Å². The van der Waals surface area contributed by atoms with Crippen molar-refractivity contribution in [1.29, 1.82) is 0 Å². The first-order chi connectivity index (χ1) is 18.4. The van der Waals surface area contributed by atoms with Gasteiger partial charge < -0.3 is 24.4 Å². The summed E-state index contributed by atoms with van der Waals surface area (Å²) in [6.45, 7) is 1.89. The normalized spacial score (nSPS) is 17.6. The molecule has 2 heterocycles. The van der Waals surface area contributed by atoms with Gasteiger partial charge in [-0.3, -0.25) is 9.69 Å². The van der Waals surface area contributed by atoms with E-state index in [1.54, 1.807) is 29.2 Å². The molecule has 0 spiro atoms. The third kappa shape index (κ3) is 7.02. The van der Waals surface area contributed by atoms with Crippen molar-refractivity contribution in [3.8, 4) is 5.75 Å². The summed E-state index contributed by atoms with van der Waals surface area (Å²) in [5, 5.41) is 2.75. The fourth-order valence-electron chi connectivity index (χ4n) is 4.66.